The fourth-order valence-electron chi connectivity index (χ4n) is 2.93. The van der Waals surface area contributed by atoms with Gasteiger partial charge in [-0.15, -0.1) is 0 Å². The number of carbonyl (C=O) groups excluding carboxylic acids is 2. The molecule has 6 nitrogen and oxygen atoms in total. The third kappa shape index (κ3) is 7.37. The van der Waals surface area contributed by atoms with E-state index in [0.717, 1.165) is 5.56 Å². The van der Waals surface area contributed by atoms with Gasteiger partial charge in [-0.25, -0.2) is 4.79 Å². The predicted molar refractivity (Wildman–Crippen MR) is 115 cm³/mol. The van der Waals surface area contributed by atoms with Crippen LogP contribution in [0.25, 0.3) is 0 Å². The number of nitrogens with zero attached hydrogens (tertiary/aromatic N) is 1. The van der Waals surface area contributed by atoms with Crippen molar-refractivity contribution in [3.8, 4) is 0 Å². The molecule has 0 spiro atoms. The number of benzene rings is 1. The van der Waals surface area contributed by atoms with Crippen LogP contribution in [0.1, 0.15) is 53.5 Å². The molecule has 1 aromatic rings. The molecule has 6 heteroatoms. The van der Waals surface area contributed by atoms with Gasteiger partial charge in [0.2, 0.25) is 11.8 Å². The van der Waals surface area contributed by atoms with E-state index in [1.54, 1.807) is 7.05 Å². The van der Waals surface area contributed by atoms with Gasteiger partial charge in [0.25, 0.3) is 0 Å². The predicted octanol–water partition coefficient (Wildman–Crippen LogP) is 3.37. The second-order valence-corrected chi connectivity index (χ2v) is 9.20. The number of hydrogen-bond acceptors (Lipinski definition) is 3. The molecule has 2 N–H and O–H groups in total. The minimum absolute atomic E-state index is 0.162. The highest BCUT2D eigenvalue weighted by Crippen LogP contribution is 2.27. The van der Waals surface area contributed by atoms with E-state index in [1.165, 1.54) is 17.9 Å². The Labute approximate surface area is 174 Å². The van der Waals surface area contributed by atoms with E-state index in [2.05, 4.69) is 5.32 Å². The lowest BCUT2D eigenvalue weighted by molar-refractivity contribution is -0.138. The van der Waals surface area contributed by atoms with Crippen LogP contribution in [-0.4, -0.2) is 47.4 Å². The summed E-state index contributed by atoms with van der Waals surface area (Å²) in [4.78, 5) is 38.2. The molecule has 0 saturated heterocycles. The van der Waals surface area contributed by atoms with Gasteiger partial charge >= 0.3 is 5.97 Å². The number of rotatable bonds is 8. The highest BCUT2D eigenvalue weighted by Gasteiger charge is 2.35. The highest BCUT2D eigenvalue weighted by atomic mass is 16.4. The molecule has 0 aliphatic rings. The van der Waals surface area contributed by atoms with E-state index in [0.29, 0.717) is 0 Å². The van der Waals surface area contributed by atoms with Gasteiger partial charge < -0.3 is 15.3 Å². The van der Waals surface area contributed by atoms with Gasteiger partial charge in [0, 0.05) is 25.6 Å². The van der Waals surface area contributed by atoms with E-state index in [-0.39, 0.29) is 35.8 Å². The molecule has 0 fully saturated rings. The molecule has 0 saturated carbocycles. The van der Waals surface area contributed by atoms with Crippen molar-refractivity contribution >= 4 is 17.8 Å². The first-order chi connectivity index (χ1) is 13.3. The summed E-state index contributed by atoms with van der Waals surface area (Å²) in [6.07, 6.45) is 1.74. The molecule has 160 valence electrons. The Morgan fingerprint density at radius 2 is 1.66 bits per heavy atom. The fraction of sp³-hybridized carbons (Fsp3) is 0.522. The Bertz CT molecular complexity index is 761. The number of carboxylic acid groups (broad SMARTS) is 1. The topological polar surface area (TPSA) is 86.7 Å². The summed E-state index contributed by atoms with van der Waals surface area (Å²) in [6, 6.07) is 9.08. The van der Waals surface area contributed by atoms with E-state index >= 15 is 0 Å². The van der Waals surface area contributed by atoms with E-state index < -0.39 is 17.4 Å². The lowest BCUT2D eigenvalue weighted by Crippen LogP contribution is -2.54. The van der Waals surface area contributed by atoms with Gasteiger partial charge in [0.15, 0.2) is 0 Å². The highest BCUT2D eigenvalue weighted by molar-refractivity contribution is 5.89. The summed E-state index contributed by atoms with van der Waals surface area (Å²) in [5.74, 6) is -1.47. The zero-order valence-electron chi connectivity index (χ0n) is 18.6. The third-order valence-corrected chi connectivity index (χ3v) is 4.96. The SMILES string of the molecule is C/C(=C\CN(C)C(=O)[C@@H](NC(=O)CC(C)(C)c1ccccc1)C(C)(C)C)C(=O)O. The van der Waals surface area contributed by atoms with Crippen molar-refractivity contribution in [2.45, 2.75) is 59.4 Å². The molecule has 0 aliphatic heterocycles. The third-order valence-electron chi connectivity index (χ3n) is 4.96. The van der Waals surface area contributed by atoms with Crippen LogP contribution in [0.15, 0.2) is 42.0 Å². The van der Waals surface area contributed by atoms with Crippen LogP contribution in [0, 0.1) is 5.41 Å². The number of carboxylic acids is 1. The quantitative estimate of drug-likeness (QED) is 0.653. The van der Waals surface area contributed by atoms with Crippen LogP contribution in [0.2, 0.25) is 0 Å². The van der Waals surface area contributed by atoms with Crippen molar-refractivity contribution in [1.29, 1.82) is 0 Å². The van der Waals surface area contributed by atoms with Crippen molar-refractivity contribution in [1.82, 2.24) is 10.2 Å². The van der Waals surface area contributed by atoms with E-state index in [1.807, 2.05) is 65.0 Å². The molecular weight excluding hydrogens is 368 g/mol. The second kappa shape index (κ2) is 9.72. The first-order valence-corrected chi connectivity index (χ1v) is 9.75. The molecule has 0 bridgehead atoms. The minimum Gasteiger partial charge on any atom is -0.478 e. The Balaban J connectivity index is 2.91. The van der Waals surface area contributed by atoms with Crippen LogP contribution in [0.4, 0.5) is 0 Å². The van der Waals surface area contributed by atoms with Gasteiger partial charge in [-0.2, -0.15) is 0 Å². The normalized spacial score (nSPS) is 13.6. The van der Waals surface area contributed by atoms with Gasteiger partial charge in [-0.05, 0) is 23.3 Å². The Kier molecular flexibility index (Phi) is 8.18. The van der Waals surface area contributed by atoms with Crippen LogP contribution in [0.3, 0.4) is 0 Å². The number of nitrogens with one attached hydrogen (secondary N) is 1. The Morgan fingerprint density at radius 1 is 1.10 bits per heavy atom. The van der Waals surface area contributed by atoms with Gasteiger partial charge in [0.1, 0.15) is 6.04 Å². The van der Waals surface area contributed by atoms with Crippen molar-refractivity contribution < 1.29 is 19.5 Å². The molecule has 1 aromatic carbocycles. The van der Waals surface area contributed by atoms with Crippen molar-refractivity contribution in [2.75, 3.05) is 13.6 Å². The average Bonchev–Trinajstić information content (AvgIpc) is 2.62. The van der Waals surface area contributed by atoms with Gasteiger partial charge in [-0.1, -0.05) is 71.0 Å². The van der Waals surface area contributed by atoms with Crippen LogP contribution < -0.4 is 5.32 Å². The standard InChI is InChI=1S/C23H34N2O4/c1-16(21(28)29)13-14-25(7)20(27)19(22(2,3)4)24-18(26)15-23(5,6)17-11-9-8-10-12-17/h8-13,19H,14-15H2,1-7H3,(H,24,26)(H,28,29)/b16-13+/t19-/m1/s1. The maximum absolute atomic E-state index is 13.0. The number of amides is 2. The summed E-state index contributed by atoms with van der Waals surface area (Å²) in [6.45, 7) is 11.3. The summed E-state index contributed by atoms with van der Waals surface area (Å²) in [5.41, 5.74) is 0.360. The van der Waals surface area contributed by atoms with Crippen LogP contribution in [0.5, 0.6) is 0 Å². The summed E-state index contributed by atoms with van der Waals surface area (Å²) in [7, 11) is 1.60. The molecule has 1 atom stereocenters. The first kappa shape index (κ1) is 24.4. The number of likely N-dealkylation sites (N-methyl/N-ethyl adjacent to an activating group) is 1. The Morgan fingerprint density at radius 3 is 2.14 bits per heavy atom. The molecular formula is C23H34N2O4. The lowest BCUT2D eigenvalue weighted by atomic mass is 9.80. The maximum Gasteiger partial charge on any atom is 0.331 e. The van der Waals surface area contributed by atoms with E-state index in [4.69, 9.17) is 5.11 Å². The summed E-state index contributed by atoms with van der Waals surface area (Å²) >= 11 is 0. The molecule has 0 aliphatic carbocycles. The first-order valence-electron chi connectivity index (χ1n) is 9.75. The monoisotopic (exact) mass is 402 g/mol. The van der Waals surface area contributed by atoms with Gasteiger partial charge in [-0.3, -0.25) is 9.59 Å². The number of aliphatic carboxylic acids is 1. The molecule has 0 aromatic heterocycles. The lowest BCUT2D eigenvalue weighted by Gasteiger charge is -2.34. The smallest absolute Gasteiger partial charge is 0.331 e. The number of carbonyl (C=O) groups is 3. The summed E-state index contributed by atoms with van der Waals surface area (Å²) in [5, 5.41) is 11.9. The molecule has 1 rings (SSSR count). The minimum atomic E-state index is -1.02. The Hall–Kier alpha value is -2.63. The average molecular weight is 403 g/mol. The summed E-state index contributed by atoms with van der Waals surface area (Å²) < 4.78 is 0. The van der Waals surface area contributed by atoms with Crippen molar-refractivity contribution in [3.63, 3.8) is 0 Å². The molecule has 0 radical (unpaired) electrons. The fourth-order valence-corrected chi connectivity index (χ4v) is 2.93. The molecule has 2 amide bonds. The molecule has 0 unspecified atom stereocenters. The van der Waals surface area contributed by atoms with Crippen LogP contribution >= 0.6 is 0 Å². The number of hydrogen-bond donors (Lipinski definition) is 2. The molecule has 29 heavy (non-hydrogen) atoms. The zero-order chi connectivity index (χ0) is 22.4. The second-order valence-electron chi connectivity index (χ2n) is 9.20. The van der Waals surface area contributed by atoms with Crippen molar-refractivity contribution in [3.05, 3.63) is 47.5 Å². The van der Waals surface area contributed by atoms with Crippen molar-refractivity contribution in [2.24, 2.45) is 5.41 Å². The largest absolute Gasteiger partial charge is 0.478 e. The zero-order valence-corrected chi connectivity index (χ0v) is 18.6. The van der Waals surface area contributed by atoms with Gasteiger partial charge in [0.05, 0.1) is 0 Å². The molecule has 0 heterocycles. The maximum atomic E-state index is 13.0. The van der Waals surface area contributed by atoms with Crippen LogP contribution in [-0.2, 0) is 19.8 Å². The van der Waals surface area contributed by atoms with E-state index in [9.17, 15) is 14.4 Å².